The van der Waals surface area contributed by atoms with Crippen LogP contribution in [0.5, 0.6) is 11.5 Å². The molecule has 0 bridgehead atoms. The molecule has 3 rings (SSSR count). The zero-order valence-electron chi connectivity index (χ0n) is 13.3. The molecule has 5 heteroatoms. The molecule has 0 saturated carbocycles. The van der Waals surface area contributed by atoms with Gasteiger partial charge in [-0.2, -0.15) is 0 Å². The number of rotatable bonds is 5. The van der Waals surface area contributed by atoms with Crippen LogP contribution >= 0.6 is 0 Å². The number of hydrogen-bond acceptors (Lipinski definition) is 4. The quantitative estimate of drug-likeness (QED) is 0.851. The molecule has 2 heterocycles. The fraction of sp³-hybridized carbons (Fsp3) is 0.471. The Kier molecular flexibility index (Phi) is 4.34. The molecule has 0 spiro atoms. The first-order valence-electron chi connectivity index (χ1n) is 7.58. The molecular weight excluding hydrogens is 280 g/mol. The van der Waals surface area contributed by atoms with Gasteiger partial charge in [-0.3, -0.25) is 0 Å². The van der Waals surface area contributed by atoms with Gasteiger partial charge < -0.3 is 18.8 Å². The Morgan fingerprint density at radius 1 is 1.32 bits per heavy atom. The van der Waals surface area contributed by atoms with Crippen LogP contribution in [-0.4, -0.2) is 36.5 Å². The lowest BCUT2D eigenvalue weighted by atomic mass is 10.1. The third-order valence-corrected chi connectivity index (χ3v) is 4.00. The minimum absolute atomic E-state index is 0.269. The number of aromatic nitrogens is 2. The van der Waals surface area contributed by atoms with E-state index in [4.69, 9.17) is 14.2 Å². The number of imidazole rings is 1. The van der Waals surface area contributed by atoms with Crippen LogP contribution in [0.4, 0.5) is 0 Å². The van der Waals surface area contributed by atoms with Gasteiger partial charge in [0.05, 0.1) is 32.4 Å². The highest BCUT2D eigenvalue weighted by Gasteiger charge is 2.21. The summed E-state index contributed by atoms with van der Waals surface area (Å²) in [5.41, 5.74) is 2.06. The van der Waals surface area contributed by atoms with Crippen LogP contribution < -0.4 is 9.47 Å². The number of aryl methyl sites for hydroxylation is 1. The van der Waals surface area contributed by atoms with E-state index in [1.165, 1.54) is 0 Å². The smallest absolute Gasteiger partial charge is 0.171 e. The molecule has 0 N–H and O–H groups in total. The summed E-state index contributed by atoms with van der Waals surface area (Å²) in [6.45, 7) is 3.71. The maximum absolute atomic E-state index is 5.74. The molecule has 1 atom stereocenters. The van der Waals surface area contributed by atoms with Gasteiger partial charge in [0.25, 0.3) is 0 Å². The molecule has 1 unspecified atom stereocenters. The second kappa shape index (κ2) is 6.40. The van der Waals surface area contributed by atoms with Crippen molar-refractivity contribution in [3.05, 3.63) is 30.1 Å². The second-order valence-corrected chi connectivity index (χ2v) is 5.59. The molecule has 2 aromatic rings. The van der Waals surface area contributed by atoms with Crippen LogP contribution in [-0.2, 0) is 11.3 Å². The van der Waals surface area contributed by atoms with Crippen molar-refractivity contribution in [2.75, 3.05) is 20.8 Å². The van der Waals surface area contributed by atoms with E-state index in [0.717, 1.165) is 48.7 Å². The van der Waals surface area contributed by atoms with Crippen LogP contribution in [0, 0.1) is 6.92 Å². The maximum Gasteiger partial charge on any atom is 0.171 e. The van der Waals surface area contributed by atoms with Gasteiger partial charge in [0, 0.05) is 19.0 Å². The van der Waals surface area contributed by atoms with Crippen LogP contribution in [0.25, 0.3) is 11.4 Å². The Morgan fingerprint density at radius 2 is 2.18 bits per heavy atom. The lowest BCUT2D eigenvalue weighted by Gasteiger charge is -2.17. The fourth-order valence-electron chi connectivity index (χ4n) is 2.98. The summed E-state index contributed by atoms with van der Waals surface area (Å²) in [6.07, 6.45) is 6.32. The van der Waals surface area contributed by atoms with E-state index in [1.54, 1.807) is 14.2 Å². The Labute approximate surface area is 130 Å². The van der Waals surface area contributed by atoms with Gasteiger partial charge in [-0.25, -0.2) is 4.98 Å². The van der Waals surface area contributed by atoms with E-state index in [9.17, 15) is 0 Å². The topological polar surface area (TPSA) is 45.5 Å². The predicted octanol–water partition coefficient (Wildman–Crippen LogP) is 3.05. The SMILES string of the molecule is COc1cc(C)cc(-c2nccn2CC2CCCO2)c1OC. The van der Waals surface area contributed by atoms with Crippen molar-refractivity contribution in [3.63, 3.8) is 0 Å². The molecule has 5 nitrogen and oxygen atoms in total. The zero-order valence-corrected chi connectivity index (χ0v) is 13.3. The number of nitrogens with zero attached hydrogens (tertiary/aromatic N) is 2. The zero-order chi connectivity index (χ0) is 15.5. The van der Waals surface area contributed by atoms with Crippen molar-refractivity contribution < 1.29 is 14.2 Å². The van der Waals surface area contributed by atoms with E-state index in [2.05, 4.69) is 15.6 Å². The Hall–Kier alpha value is -2.01. The predicted molar refractivity (Wildman–Crippen MR) is 84.5 cm³/mol. The molecule has 1 aromatic carbocycles. The van der Waals surface area contributed by atoms with Gasteiger partial charge in [-0.1, -0.05) is 0 Å². The van der Waals surface area contributed by atoms with Gasteiger partial charge >= 0.3 is 0 Å². The van der Waals surface area contributed by atoms with Gasteiger partial charge in [0.2, 0.25) is 0 Å². The monoisotopic (exact) mass is 302 g/mol. The first kappa shape index (κ1) is 14.9. The Bertz CT molecular complexity index is 645. The van der Waals surface area contributed by atoms with Crippen molar-refractivity contribution >= 4 is 0 Å². The lowest BCUT2D eigenvalue weighted by molar-refractivity contribution is 0.0973. The van der Waals surface area contributed by atoms with Gasteiger partial charge in [0.1, 0.15) is 5.82 Å². The molecule has 1 aliphatic rings. The molecule has 1 fully saturated rings. The summed E-state index contributed by atoms with van der Waals surface area (Å²) in [5.74, 6) is 2.33. The molecular formula is C17H22N2O3. The number of hydrogen-bond donors (Lipinski definition) is 0. The minimum Gasteiger partial charge on any atom is -0.493 e. The third-order valence-electron chi connectivity index (χ3n) is 4.00. The molecule has 118 valence electrons. The lowest BCUT2D eigenvalue weighted by Crippen LogP contribution is -2.15. The van der Waals surface area contributed by atoms with E-state index < -0.39 is 0 Å². The average molecular weight is 302 g/mol. The standard InChI is InChI=1S/C17H22N2O3/c1-12-9-14(16(21-3)15(10-12)20-2)17-18-6-7-19(17)11-13-5-4-8-22-13/h6-7,9-10,13H,4-5,8,11H2,1-3H3. The van der Waals surface area contributed by atoms with Crippen molar-refractivity contribution in [2.45, 2.75) is 32.4 Å². The third kappa shape index (κ3) is 2.81. The van der Waals surface area contributed by atoms with E-state index in [1.807, 2.05) is 25.4 Å². The highest BCUT2D eigenvalue weighted by atomic mass is 16.5. The van der Waals surface area contributed by atoms with Crippen molar-refractivity contribution in [3.8, 4) is 22.9 Å². The summed E-state index contributed by atoms with van der Waals surface area (Å²) in [4.78, 5) is 4.53. The summed E-state index contributed by atoms with van der Waals surface area (Å²) in [5, 5.41) is 0. The molecule has 1 aromatic heterocycles. The summed E-state index contributed by atoms with van der Waals surface area (Å²) in [7, 11) is 3.31. The van der Waals surface area contributed by atoms with Crippen molar-refractivity contribution in [2.24, 2.45) is 0 Å². The molecule has 0 amide bonds. The molecule has 1 aliphatic heterocycles. The van der Waals surface area contributed by atoms with Gasteiger partial charge in [-0.15, -0.1) is 0 Å². The Morgan fingerprint density at radius 3 is 2.86 bits per heavy atom. The number of methoxy groups -OCH3 is 2. The van der Waals surface area contributed by atoms with Crippen molar-refractivity contribution in [1.82, 2.24) is 9.55 Å². The Balaban J connectivity index is 2.00. The summed E-state index contributed by atoms with van der Waals surface area (Å²) < 4.78 is 18.9. The van der Waals surface area contributed by atoms with Gasteiger partial charge in [0.15, 0.2) is 11.5 Å². The highest BCUT2D eigenvalue weighted by molar-refractivity contribution is 5.70. The largest absolute Gasteiger partial charge is 0.493 e. The van der Waals surface area contributed by atoms with Crippen LogP contribution in [0.1, 0.15) is 18.4 Å². The van der Waals surface area contributed by atoms with E-state index >= 15 is 0 Å². The maximum atomic E-state index is 5.74. The summed E-state index contributed by atoms with van der Waals surface area (Å²) in [6, 6.07) is 4.05. The number of ether oxygens (including phenoxy) is 3. The van der Waals surface area contributed by atoms with E-state index in [-0.39, 0.29) is 6.10 Å². The number of benzene rings is 1. The average Bonchev–Trinajstić information content (AvgIpc) is 3.18. The molecule has 1 saturated heterocycles. The first-order chi connectivity index (χ1) is 10.7. The highest BCUT2D eigenvalue weighted by Crippen LogP contribution is 2.38. The van der Waals surface area contributed by atoms with Crippen LogP contribution in [0.15, 0.2) is 24.5 Å². The first-order valence-corrected chi connectivity index (χ1v) is 7.58. The summed E-state index contributed by atoms with van der Waals surface area (Å²) >= 11 is 0. The molecule has 22 heavy (non-hydrogen) atoms. The van der Waals surface area contributed by atoms with Crippen molar-refractivity contribution in [1.29, 1.82) is 0 Å². The molecule has 0 radical (unpaired) electrons. The van der Waals surface area contributed by atoms with Crippen LogP contribution in [0.2, 0.25) is 0 Å². The van der Waals surface area contributed by atoms with Crippen LogP contribution in [0.3, 0.4) is 0 Å². The minimum atomic E-state index is 0.269. The normalized spacial score (nSPS) is 17.7. The van der Waals surface area contributed by atoms with Gasteiger partial charge in [-0.05, 0) is 37.5 Å². The fourth-order valence-corrected chi connectivity index (χ4v) is 2.98. The second-order valence-electron chi connectivity index (χ2n) is 5.59. The molecule has 0 aliphatic carbocycles. The van der Waals surface area contributed by atoms with E-state index in [0.29, 0.717) is 5.75 Å².